The number of fused-ring (bicyclic) bond motifs is 1. The van der Waals surface area contributed by atoms with E-state index in [2.05, 4.69) is 16.4 Å². The van der Waals surface area contributed by atoms with Gasteiger partial charge in [-0.05, 0) is 32.4 Å². The van der Waals surface area contributed by atoms with Crippen molar-refractivity contribution in [3.63, 3.8) is 0 Å². The molecule has 2 aromatic heterocycles. The number of nitriles is 1. The minimum Gasteiger partial charge on any atom is -0.444 e. The highest BCUT2D eigenvalue weighted by molar-refractivity contribution is 5.97. The average molecular weight is 348 g/mol. The average Bonchev–Trinajstić information content (AvgIpc) is 2.98. The molecule has 1 amide bonds. The first kappa shape index (κ1) is 17.5. The molecule has 0 aliphatic heterocycles. The molecule has 1 aromatic carbocycles. The zero-order chi connectivity index (χ0) is 18.7. The van der Waals surface area contributed by atoms with Gasteiger partial charge in [0.15, 0.2) is 5.65 Å². The Morgan fingerprint density at radius 2 is 2.00 bits per heavy atom. The molecule has 0 bridgehead atoms. The molecule has 3 aromatic rings. The number of amides is 1. The molecule has 3 rings (SSSR count). The maximum absolute atomic E-state index is 12.4. The third-order valence-electron chi connectivity index (χ3n) is 3.73. The number of imidazole rings is 1. The van der Waals surface area contributed by atoms with Crippen molar-refractivity contribution in [1.29, 1.82) is 5.26 Å². The van der Waals surface area contributed by atoms with Crippen molar-refractivity contribution in [2.24, 2.45) is 0 Å². The lowest BCUT2D eigenvalue weighted by molar-refractivity contribution is 0.0636. The van der Waals surface area contributed by atoms with E-state index in [-0.39, 0.29) is 6.42 Å². The minimum atomic E-state index is -0.608. The highest BCUT2D eigenvalue weighted by Gasteiger charge is 2.20. The number of anilines is 1. The molecule has 0 saturated carbocycles. The topological polar surface area (TPSA) is 79.4 Å². The van der Waals surface area contributed by atoms with E-state index in [1.165, 1.54) is 0 Å². The number of aromatic nitrogens is 2. The van der Waals surface area contributed by atoms with Crippen LogP contribution in [0.15, 0.2) is 48.8 Å². The lowest BCUT2D eigenvalue weighted by Gasteiger charge is -2.21. The van der Waals surface area contributed by atoms with E-state index in [1.54, 1.807) is 6.20 Å². The Labute approximate surface area is 152 Å². The molecular formula is C20H20N4O2. The number of carbonyl (C=O) groups excluding carboxylic acids is 1. The van der Waals surface area contributed by atoms with Crippen molar-refractivity contribution in [2.75, 3.05) is 5.32 Å². The second-order valence-electron chi connectivity index (χ2n) is 6.88. The number of rotatable bonds is 3. The van der Waals surface area contributed by atoms with Gasteiger partial charge in [0.05, 0.1) is 30.1 Å². The molecule has 0 aliphatic rings. The Kier molecular flexibility index (Phi) is 4.63. The van der Waals surface area contributed by atoms with E-state index in [0.717, 1.165) is 16.8 Å². The molecule has 132 valence electrons. The van der Waals surface area contributed by atoms with E-state index < -0.39 is 11.7 Å². The molecule has 0 unspecified atom stereocenters. The Bertz CT molecular complexity index is 979. The zero-order valence-corrected chi connectivity index (χ0v) is 15.0. The fourth-order valence-corrected chi connectivity index (χ4v) is 2.70. The predicted octanol–water partition coefficient (Wildman–Crippen LogP) is 4.41. The maximum atomic E-state index is 12.4. The van der Waals surface area contributed by atoms with Crippen LogP contribution >= 0.6 is 0 Å². The highest BCUT2D eigenvalue weighted by atomic mass is 16.6. The number of benzene rings is 1. The van der Waals surface area contributed by atoms with Gasteiger partial charge in [-0.1, -0.05) is 30.3 Å². The van der Waals surface area contributed by atoms with Crippen LogP contribution in [0.1, 0.15) is 26.5 Å². The summed E-state index contributed by atoms with van der Waals surface area (Å²) in [5, 5.41) is 11.8. The van der Waals surface area contributed by atoms with E-state index in [9.17, 15) is 4.79 Å². The van der Waals surface area contributed by atoms with Crippen LogP contribution in [-0.2, 0) is 11.2 Å². The van der Waals surface area contributed by atoms with Gasteiger partial charge in [-0.25, -0.2) is 9.78 Å². The number of ether oxygens (including phenoxy) is 1. The molecule has 2 heterocycles. The Morgan fingerprint density at radius 3 is 2.65 bits per heavy atom. The van der Waals surface area contributed by atoms with Crippen LogP contribution in [0.3, 0.4) is 0 Å². The third-order valence-corrected chi connectivity index (χ3v) is 3.73. The van der Waals surface area contributed by atoms with Gasteiger partial charge >= 0.3 is 6.09 Å². The second kappa shape index (κ2) is 6.89. The molecule has 0 saturated heterocycles. The first-order valence-corrected chi connectivity index (χ1v) is 8.30. The molecule has 0 spiro atoms. The zero-order valence-electron chi connectivity index (χ0n) is 15.0. The number of hydrogen-bond donors (Lipinski definition) is 1. The van der Waals surface area contributed by atoms with E-state index >= 15 is 0 Å². The second-order valence-corrected chi connectivity index (χ2v) is 6.88. The van der Waals surface area contributed by atoms with Crippen molar-refractivity contribution >= 4 is 17.4 Å². The Balaban J connectivity index is 2.12. The van der Waals surface area contributed by atoms with Gasteiger partial charge in [-0.2, -0.15) is 5.26 Å². The highest BCUT2D eigenvalue weighted by Crippen LogP contribution is 2.32. The molecule has 0 radical (unpaired) electrons. The maximum Gasteiger partial charge on any atom is 0.412 e. The smallest absolute Gasteiger partial charge is 0.412 e. The van der Waals surface area contributed by atoms with E-state index in [4.69, 9.17) is 10.00 Å². The number of pyridine rings is 1. The lowest BCUT2D eigenvalue weighted by Crippen LogP contribution is -2.27. The van der Waals surface area contributed by atoms with Gasteiger partial charge in [0.1, 0.15) is 5.60 Å². The molecule has 6 heteroatoms. The van der Waals surface area contributed by atoms with Crippen molar-refractivity contribution < 1.29 is 9.53 Å². The molecule has 0 atom stereocenters. The SMILES string of the molecule is CC(C)(C)OC(=O)Nc1c(-c2ccccc2)ccn2c(CC#N)cnc12. The van der Waals surface area contributed by atoms with Gasteiger partial charge < -0.3 is 9.14 Å². The fraction of sp³-hybridized carbons (Fsp3) is 0.250. The Hall–Kier alpha value is -3.33. The molecule has 1 N–H and O–H groups in total. The van der Waals surface area contributed by atoms with Crippen molar-refractivity contribution in [3.8, 4) is 17.2 Å². The van der Waals surface area contributed by atoms with Crippen LogP contribution in [0.4, 0.5) is 10.5 Å². The minimum absolute atomic E-state index is 0.234. The lowest BCUT2D eigenvalue weighted by atomic mass is 10.1. The van der Waals surface area contributed by atoms with Crippen LogP contribution in [0.25, 0.3) is 16.8 Å². The molecule has 6 nitrogen and oxygen atoms in total. The summed E-state index contributed by atoms with van der Waals surface area (Å²) >= 11 is 0. The van der Waals surface area contributed by atoms with Gasteiger partial charge in [-0.15, -0.1) is 0 Å². The summed E-state index contributed by atoms with van der Waals surface area (Å²) < 4.78 is 7.20. The number of hydrogen-bond acceptors (Lipinski definition) is 4. The van der Waals surface area contributed by atoms with Crippen LogP contribution in [0.5, 0.6) is 0 Å². The standard InChI is InChI=1S/C20H20N4O2/c1-20(2,3)26-19(25)23-17-16(14-7-5-4-6-8-14)10-12-24-15(9-11-21)13-22-18(17)24/h4-8,10,12-13H,9H2,1-3H3,(H,23,25). The van der Waals surface area contributed by atoms with Gasteiger partial charge in [0.2, 0.25) is 0 Å². The first-order valence-electron chi connectivity index (χ1n) is 8.30. The summed E-state index contributed by atoms with van der Waals surface area (Å²) in [4.78, 5) is 16.8. The predicted molar refractivity (Wildman–Crippen MR) is 99.8 cm³/mol. The molecule has 0 aliphatic carbocycles. The van der Waals surface area contributed by atoms with Crippen molar-refractivity contribution in [2.45, 2.75) is 32.8 Å². The molecule has 0 fully saturated rings. The molecule has 26 heavy (non-hydrogen) atoms. The summed E-state index contributed by atoms with van der Waals surface area (Å²) in [5.74, 6) is 0. The molecular weight excluding hydrogens is 328 g/mol. The quantitative estimate of drug-likeness (QED) is 0.760. The fourth-order valence-electron chi connectivity index (χ4n) is 2.70. The normalized spacial score (nSPS) is 11.2. The number of nitrogens with zero attached hydrogens (tertiary/aromatic N) is 3. The van der Waals surface area contributed by atoms with Gasteiger partial charge in [-0.3, -0.25) is 5.32 Å². The van der Waals surface area contributed by atoms with Crippen molar-refractivity contribution in [3.05, 3.63) is 54.5 Å². The Morgan fingerprint density at radius 1 is 1.27 bits per heavy atom. The van der Waals surface area contributed by atoms with Crippen LogP contribution in [-0.4, -0.2) is 21.1 Å². The van der Waals surface area contributed by atoms with Crippen LogP contribution < -0.4 is 5.32 Å². The summed E-state index contributed by atoms with van der Waals surface area (Å²) in [6.07, 6.45) is 3.19. The number of carbonyl (C=O) groups is 1. The van der Waals surface area contributed by atoms with Crippen molar-refractivity contribution in [1.82, 2.24) is 9.38 Å². The summed E-state index contributed by atoms with van der Waals surface area (Å²) in [6.45, 7) is 5.43. The number of nitrogens with one attached hydrogen (secondary N) is 1. The third kappa shape index (κ3) is 3.67. The van der Waals surface area contributed by atoms with E-state index in [1.807, 2.05) is 67.8 Å². The largest absolute Gasteiger partial charge is 0.444 e. The van der Waals surface area contributed by atoms with Gasteiger partial charge in [0, 0.05) is 11.8 Å². The summed E-state index contributed by atoms with van der Waals surface area (Å²) in [6, 6.07) is 13.8. The van der Waals surface area contributed by atoms with E-state index in [0.29, 0.717) is 11.3 Å². The van der Waals surface area contributed by atoms with Crippen LogP contribution in [0.2, 0.25) is 0 Å². The first-order chi connectivity index (χ1) is 12.4. The summed E-state index contributed by atoms with van der Waals surface area (Å²) in [5.41, 5.74) is 3.06. The van der Waals surface area contributed by atoms with Gasteiger partial charge in [0.25, 0.3) is 0 Å². The monoisotopic (exact) mass is 348 g/mol. The summed E-state index contributed by atoms with van der Waals surface area (Å²) in [7, 11) is 0. The van der Waals surface area contributed by atoms with Crippen LogP contribution in [0, 0.1) is 11.3 Å².